The van der Waals surface area contributed by atoms with Crippen molar-refractivity contribution in [3.8, 4) is 0 Å². The zero-order chi connectivity index (χ0) is 20.7. The smallest absolute Gasteiger partial charge is 0.270 e. The Hall–Kier alpha value is -2.94. The Balaban J connectivity index is 2.16. The molecule has 0 aromatic heterocycles. The van der Waals surface area contributed by atoms with Gasteiger partial charge in [-0.1, -0.05) is 19.4 Å². The van der Waals surface area contributed by atoms with Crippen molar-refractivity contribution in [2.45, 2.75) is 31.6 Å². The second-order valence-electron chi connectivity index (χ2n) is 6.18. The molecule has 9 heteroatoms. The fraction of sp³-hybridized carbons (Fsp3) is 0.316. The lowest BCUT2D eigenvalue weighted by Gasteiger charge is -2.20. The van der Waals surface area contributed by atoms with Gasteiger partial charge in [0.15, 0.2) is 0 Å². The van der Waals surface area contributed by atoms with E-state index < -0.39 is 14.9 Å². The molecule has 0 saturated heterocycles. The minimum atomic E-state index is -3.99. The number of amides is 1. The van der Waals surface area contributed by atoms with Gasteiger partial charge in [-0.15, -0.1) is 0 Å². The Morgan fingerprint density at radius 1 is 1.14 bits per heavy atom. The number of hydrogen-bond acceptors (Lipinski definition) is 5. The predicted molar refractivity (Wildman–Crippen MR) is 107 cm³/mol. The minimum absolute atomic E-state index is 0.107. The molecule has 0 radical (unpaired) electrons. The number of carbonyl (C=O) groups is 1. The van der Waals surface area contributed by atoms with Crippen LogP contribution in [0.4, 0.5) is 11.4 Å². The van der Waals surface area contributed by atoms with Gasteiger partial charge in [0, 0.05) is 36.5 Å². The molecule has 0 fully saturated rings. The van der Waals surface area contributed by atoms with Gasteiger partial charge in [-0.3, -0.25) is 19.6 Å². The molecule has 0 aliphatic heterocycles. The van der Waals surface area contributed by atoms with Crippen LogP contribution in [0.2, 0.25) is 0 Å². The lowest BCUT2D eigenvalue weighted by Crippen LogP contribution is -2.31. The van der Waals surface area contributed by atoms with Gasteiger partial charge >= 0.3 is 0 Å². The van der Waals surface area contributed by atoms with E-state index in [1.165, 1.54) is 30.3 Å². The maximum atomic E-state index is 12.5. The van der Waals surface area contributed by atoms with Crippen LogP contribution in [-0.2, 0) is 10.0 Å². The van der Waals surface area contributed by atoms with Crippen LogP contribution in [0, 0.1) is 10.1 Å². The zero-order valence-corrected chi connectivity index (χ0v) is 16.6. The van der Waals surface area contributed by atoms with Crippen LogP contribution in [0.5, 0.6) is 0 Å². The summed E-state index contributed by atoms with van der Waals surface area (Å²) in [5, 5.41) is 10.8. The van der Waals surface area contributed by atoms with Crippen molar-refractivity contribution in [1.82, 2.24) is 4.90 Å². The molecule has 2 rings (SSSR count). The van der Waals surface area contributed by atoms with E-state index in [9.17, 15) is 23.3 Å². The molecule has 0 heterocycles. The van der Waals surface area contributed by atoms with E-state index in [-0.39, 0.29) is 22.2 Å². The van der Waals surface area contributed by atoms with Crippen LogP contribution in [-0.4, -0.2) is 37.2 Å². The van der Waals surface area contributed by atoms with Gasteiger partial charge < -0.3 is 4.90 Å². The number of nitrogens with zero attached hydrogens (tertiary/aromatic N) is 2. The molecule has 0 bridgehead atoms. The lowest BCUT2D eigenvalue weighted by atomic mass is 10.1. The second-order valence-corrected chi connectivity index (χ2v) is 7.86. The fourth-order valence-electron chi connectivity index (χ4n) is 2.59. The molecular weight excluding hydrogens is 382 g/mol. The van der Waals surface area contributed by atoms with Crippen LogP contribution in [0.25, 0.3) is 0 Å². The molecule has 0 atom stereocenters. The monoisotopic (exact) mass is 405 g/mol. The standard InChI is InChI=1S/C19H23N3O5S/c1-3-5-13-21(4-2)19(23)15-9-11-16(12-10-15)20-28(26,27)18-8-6-7-17(14-18)22(24)25/h6-12,14,20H,3-5,13H2,1-2H3. The summed E-state index contributed by atoms with van der Waals surface area (Å²) >= 11 is 0. The van der Waals surface area contributed by atoms with Gasteiger partial charge in [-0.25, -0.2) is 8.42 Å². The normalized spacial score (nSPS) is 11.1. The summed E-state index contributed by atoms with van der Waals surface area (Å²) in [5.74, 6) is -0.107. The number of anilines is 1. The number of carbonyl (C=O) groups excluding carboxylic acids is 1. The molecule has 150 valence electrons. The highest BCUT2D eigenvalue weighted by Gasteiger charge is 2.18. The number of rotatable bonds is 9. The number of non-ortho nitro benzene ring substituents is 1. The van der Waals surface area contributed by atoms with E-state index in [4.69, 9.17) is 0 Å². The van der Waals surface area contributed by atoms with Crippen LogP contribution in [0.15, 0.2) is 53.4 Å². The molecular formula is C19H23N3O5S. The summed E-state index contributed by atoms with van der Waals surface area (Å²) in [5.41, 5.74) is 0.423. The van der Waals surface area contributed by atoms with Crippen molar-refractivity contribution in [2.24, 2.45) is 0 Å². The molecule has 0 unspecified atom stereocenters. The average molecular weight is 405 g/mol. The zero-order valence-electron chi connectivity index (χ0n) is 15.8. The summed E-state index contributed by atoms with van der Waals surface area (Å²) in [6, 6.07) is 10.9. The number of sulfonamides is 1. The molecule has 8 nitrogen and oxygen atoms in total. The first kappa shape index (κ1) is 21.4. The van der Waals surface area contributed by atoms with E-state index in [1.54, 1.807) is 17.0 Å². The van der Waals surface area contributed by atoms with Gasteiger partial charge in [0.2, 0.25) is 0 Å². The third-order valence-electron chi connectivity index (χ3n) is 4.17. The molecule has 0 spiro atoms. The van der Waals surface area contributed by atoms with Crippen LogP contribution in [0.1, 0.15) is 37.0 Å². The number of nitrogens with one attached hydrogen (secondary N) is 1. The Kier molecular flexibility index (Phi) is 7.11. The first-order chi connectivity index (χ1) is 13.3. The van der Waals surface area contributed by atoms with Crippen molar-refractivity contribution in [3.05, 3.63) is 64.2 Å². The van der Waals surface area contributed by atoms with Gasteiger partial charge in [0.25, 0.3) is 21.6 Å². The van der Waals surface area contributed by atoms with Crippen LogP contribution in [0.3, 0.4) is 0 Å². The summed E-state index contributed by atoms with van der Waals surface area (Å²) in [4.78, 5) is 24.2. The van der Waals surface area contributed by atoms with Crippen molar-refractivity contribution < 1.29 is 18.1 Å². The van der Waals surface area contributed by atoms with Crippen LogP contribution >= 0.6 is 0 Å². The average Bonchev–Trinajstić information content (AvgIpc) is 2.68. The van der Waals surface area contributed by atoms with E-state index in [2.05, 4.69) is 11.6 Å². The first-order valence-corrected chi connectivity index (χ1v) is 10.4. The molecule has 1 N–H and O–H groups in total. The van der Waals surface area contributed by atoms with Gasteiger partial charge in [0.1, 0.15) is 0 Å². The predicted octanol–water partition coefficient (Wildman–Crippen LogP) is 3.66. The summed E-state index contributed by atoms with van der Waals surface area (Å²) in [7, 11) is -3.99. The highest BCUT2D eigenvalue weighted by atomic mass is 32.2. The number of hydrogen-bond donors (Lipinski definition) is 1. The first-order valence-electron chi connectivity index (χ1n) is 8.95. The molecule has 0 saturated carbocycles. The second kappa shape index (κ2) is 9.32. The number of nitro groups is 1. The van der Waals surface area contributed by atoms with E-state index in [0.29, 0.717) is 18.7 Å². The highest BCUT2D eigenvalue weighted by Crippen LogP contribution is 2.21. The number of unbranched alkanes of at least 4 members (excludes halogenated alkanes) is 1. The van der Waals surface area contributed by atoms with Crippen molar-refractivity contribution >= 4 is 27.3 Å². The molecule has 0 aliphatic rings. The Morgan fingerprint density at radius 2 is 1.82 bits per heavy atom. The molecule has 1 amide bonds. The van der Waals surface area contributed by atoms with Crippen molar-refractivity contribution in [2.75, 3.05) is 17.8 Å². The summed E-state index contributed by atoms with van der Waals surface area (Å²) in [6.45, 7) is 5.24. The Morgan fingerprint density at radius 3 is 2.39 bits per heavy atom. The highest BCUT2D eigenvalue weighted by molar-refractivity contribution is 7.92. The SMILES string of the molecule is CCCCN(CC)C(=O)c1ccc(NS(=O)(=O)c2cccc([N+](=O)[O-])c2)cc1. The lowest BCUT2D eigenvalue weighted by molar-refractivity contribution is -0.385. The quantitative estimate of drug-likeness (QED) is 0.506. The van der Waals surface area contributed by atoms with Gasteiger partial charge in [-0.05, 0) is 43.7 Å². The third-order valence-corrected chi connectivity index (χ3v) is 5.55. The van der Waals surface area contributed by atoms with E-state index >= 15 is 0 Å². The maximum absolute atomic E-state index is 12.5. The molecule has 0 aliphatic carbocycles. The topological polar surface area (TPSA) is 110 Å². The number of benzene rings is 2. The minimum Gasteiger partial charge on any atom is -0.339 e. The summed E-state index contributed by atoms with van der Waals surface area (Å²) in [6.07, 6.45) is 1.91. The number of nitro benzene ring substituents is 1. The van der Waals surface area contributed by atoms with Gasteiger partial charge in [0.05, 0.1) is 9.82 Å². The summed E-state index contributed by atoms with van der Waals surface area (Å²) < 4.78 is 27.3. The van der Waals surface area contributed by atoms with Crippen LogP contribution < -0.4 is 4.72 Å². The molecule has 2 aromatic rings. The third kappa shape index (κ3) is 5.29. The Bertz CT molecular complexity index is 942. The largest absolute Gasteiger partial charge is 0.339 e. The molecule has 2 aromatic carbocycles. The molecule has 28 heavy (non-hydrogen) atoms. The van der Waals surface area contributed by atoms with Crippen molar-refractivity contribution in [3.63, 3.8) is 0 Å². The van der Waals surface area contributed by atoms with Gasteiger partial charge in [-0.2, -0.15) is 0 Å². The maximum Gasteiger partial charge on any atom is 0.270 e. The fourth-order valence-corrected chi connectivity index (χ4v) is 3.69. The van der Waals surface area contributed by atoms with E-state index in [1.807, 2.05) is 6.92 Å². The van der Waals surface area contributed by atoms with E-state index in [0.717, 1.165) is 18.9 Å². The van der Waals surface area contributed by atoms with Crippen molar-refractivity contribution in [1.29, 1.82) is 0 Å². The Labute approximate surface area is 164 Å².